The summed E-state index contributed by atoms with van der Waals surface area (Å²) < 4.78 is 10.5. The molecule has 1 unspecified atom stereocenters. The molecule has 1 aromatic rings. The summed E-state index contributed by atoms with van der Waals surface area (Å²) in [4.78, 5) is 0. The zero-order chi connectivity index (χ0) is 11.8. The maximum atomic E-state index is 6.17. The number of hydrogen-bond donors (Lipinski definition) is 2. The van der Waals surface area contributed by atoms with Gasteiger partial charge in [0, 0.05) is 11.1 Å². The molecule has 0 spiro atoms. The highest BCUT2D eigenvalue weighted by Gasteiger charge is 2.45. The zero-order valence-electron chi connectivity index (χ0n) is 9.69. The van der Waals surface area contributed by atoms with E-state index in [1.807, 2.05) is 18.2 Å². The minimum absolute atomic E-state index is 0.197. The lowest BCUT2D eigenvalue weighted by molar-refractivity contribution is 0.389. The van der Waals surface area contributed by atoms with Gasteiger partial charge in [-0.3, -0.25) is 0 Å². The summed E-state index contributed by atoms with van der Waals surface area (Å²) in [5.74, 6) is 1.54. The molecule has 2 rings (SSSR count). The number of methoxy groups -OCH3 is 2. The van der Waals surface area contributed by atoms with E-state index in [0.717, 1.165) is 29.9 Å². The van der Waals surface area contributed by atoms with Crippen molar-refractivity contribution >= 4 is 0 Å². The standard InChI is InChI=1S/C12H18N2O2/c1-15-8-3-4-10(16-2)9(7-8)11(13)12(14)5-6-12/h3-4,7,11H,5-6,13-14H2,1-2H3. The van der Waals surface area contributed by atoms with Crippen LogP contribution in [-0.2, 0) is 0 Å². The van der Waals surface area contributed by atoms with Crippen LogP contribution in [0.25, 0.3) is 0 Å². The Balaban J connectivity index is 2.36. The van der Waals surface area contributed by atoms with E-state index in [4.69, 9.17) is 20.9 Å². The Morgan fingerprint density at radius 3 is 2.44 bits per heavy atom. The van der Waals surface area contributed by atoms with Crippen LogP contribution in [0.3, 0.4) is 0 Å². The van der Waals surface area contributed by atoms with E-state index in [2.05, 4.69) is 0 Å². The van der Waals surface area contributed by atoms with Gasteiger partial charge in [-0.05, 0) is 31.0 Å². The molecule has 0 aromatic heterocycles. The van der Waals surface area contributed by atoms with Crippen LogP contribution >= 0.6 is 0 Å². The molecule has 16 heavy (non-hydrogen) atoms. The Morgan fingerprint density at radius 1 is 1.25 bits per heavy atom. The molecule has 4 nitrogen and oxygen atoms in total. The lowest BCUT2D eigenvalue weighted by Gasteiger charge is -2.22. The van der Waals surface area contributed by atoms with Crippen molar-refractivity contribution in [2.24, 2.45) is 11.5 Å². The highest BCUT2D eigenvalue weighted by atomic mass is 16.5. The second kappa shape index (κ2) is 3.96. The van der Waals surface area contributed by atoms with E-state index in [9.17, 15) is 0 Å². The van der Waals surface area contributed by atoms with Gasteiger partial charge >= 0.3 is 0 Å². The van der Waals surface area contributed by atoms with Crippen LogP contribution in [0.5, 0.6) is 11.5 Å². The molecule has 88 valence electrons. The second-order valence-electron chi connectivity index (χ2n) is 4.32. The number of nitrogens with two attached hydrogens (primary N) is 2. The van der Waals surface area contributed by atoms with Gasteiger partial charge in [0.2, 0.25) is 0 Å². The number of rotatable bonds is 4. The van der Waals surface area contributed by atoms with E-state index in [0.29, 0.717) is 0 Å². The van der Waals surface area contributed by atoms with E-state index >= 15 is 0 Å². The van der Waals surface area contributed by atoms with Crippen LogP contribution in [0, 0.1) is 0 Å². The first-order chi connectivity index (χ1) is 7.60. The predicted octanol–water partition coefficient (Wildman–Crippen LogP) is 1.19. The highest BCUT2D eigenvalue weighted by Crippen LogP contribution is 2.44. The fraction of sp³-hybridized carbons (Fsp3) is 0.500. The fourth-order valence-electron chi connectivity index (χ4n) is 1.85. The lowest BCUT2D eigenvalue weighted by Crippen LogP contribution is -2.36. The molecular formula is C12H18N2O2. The topological polar surface area (TPSA) is 70.5 Å². The van der Waals surface area contributed by atoms with Crippen molar-refractivity contribution in [2.75, 3.05) is 14.2 Å². The molecule has 0 aliphatic heterocycles. The van der Waals surface area contributed by atoms with Crippen molar-refractivity contribution in [3.8, 4) is 11.5 Å². The van der Waals surface area contributed by atoms with Crippen LogP contribution in [0.15, 0.2) is 18.2 Å². The highest BCUT2D eigenvalue weighted by molar-refractivity contribution is 5.44. The summed E-state index contributed by atoms with van der Waals surface area (Å²) in [5, 5.41) is 0. The Kier molecular flexibility index (Phi) is 2.78. The first-order valence-electron chi connectivity index (χ1n) is 5.37. The van der Waals surface area contributed by atoms with Gasteiger partial charge in [-0.2, -0.15) is 0 Å². The Morgan fingerprint density at radius 2 is 1.94 bits per heavy atom. The third-order valence-electron chi connectivity index (χ3n) is 3.22. The molecule has 0 amide bonds. The van der Waals surface area contributed by atoms with Crippen LogP contribution in [0.4, 0.5) is 0 Å². The normalized spacial score (nSPS) is 19.0. The third kappa shape index (κ3) is 1.86. The average Bonchev–Trinajstić information content (AvgIpc) is 3.06. The fourth-order valence-corrected chi connectivity index (χ4v) is 1.85. The maximum absolute atomic E-state index is 6.17. The van der Waals surface area contributed by atoms with Gasteiger partial charge < -0.3 is 20.9 Å². The van der Waals surface area contributed by atoms with E-state index < -0.39 is 0 Å². The van der Waals surface area contributed by atoms with Crippen LogP contribution in [0.1, 0.15) is 24.4 Å². The summed E-state index contributed by atoms with van der Waals surface area (Å²) in [7, 11) is 3.26. The third-order valence-corrected chi connectivity index (χ3v) is 3.22. The quantitative estimate of drug-likeness (QED) is 0.803. The van der Waals surface area contributed by atoms with Crippen molar-refractivity contribution in [3.63, 3.8) is 0 Å². The molecule has 1 aromatic carbocycles. The van der Waals surface area contributed by atoms with Gasteiger partial charge in [0.15, 0.2) is 0 Å². The minimum Gasteiger partial charge on any atom is -0.497 e. The second-order valence-corrected chi connectivity index (χ2v) is 4.32. The number of benzene rings is 1. The van der Waals surface area contributed by atoms with Gasteiger partial charge in [0.05, 0.1) is 20.3 Å². The first-order valence-corrected chi connectivity index (χ1v) is 5.37. The summed E-state index contributed by atoms with van der Waals surface area (Å²) in [6.07, 6.45) is 1.93. The number of ether oxygens (including phenoxy) is 2. The summed E-state index contributed by atoms with van der Waals surface area (Å²) >= 11 is 0. The molecule has 1 fully saturated rings. The van der Waals surface area contributed by atoms with Crippen molar-refractivity contribution in [1.29, 1.82) is 0 Å². The van der Waals surface area contributed by atoms with Crippen molar-refractivity contribution in [2.45, 2.75) is 24.4 Å². The van der Waals surface area contributed by atoms with E-state index in [1.54, 1.807) is 14.2 Å². The van der Waals surface area contributed by atoms with Gasteiger partial charge in [-0.15, -0.1) is 0 Å². The molecule has 0 bridgehead atoms. The molecule has 4 heteroatoms. The smallest absolute Gasteiger partial charge is 0.123 e. The summed E-state index contributed by atoms with van der Waals surface area (Å²) in [6.45, 7) is 0. The van der Waals surface area contributed by atoms with Crippen molar-refractivity contribution in [1.82, 2.24) is 0 Å². The summed E-state index contributed by atoms with van der Waals surface area (Å²) in [5.41, 5.74) is 12.9. The van der Waals surface area contributed by atoms with Gasteiger partial charge in [0.1, 0.15) is 11.5 Å². The largest absolute Gasteiger partial charge is 0.497 e. The van der Waals surface area contributed by atoms with Gasteiger partial charge in [0.25, 0.3) is 0 Å². The average molecular weight is 222 g/mol. The van der Waals surface area contributed by atoms with E-state index in [1.165, 1.54) is 0 Å². The van der Waals surface area contributed by atoms with E-state index in [-0.39, 0.29) is 11.6 Å². The minimum atomic E-state index is -0.264. The number of hydrogen-bond acceptors (Lipinski definition) is 4. The van der Waals surface area contributed by atoms with Gasteiger partial charge in [-0.25, -0.2) is 0 Å². The monoisotopic (exact) mass is 222 g/mol. The molecule has 1 saturated carbocycles. The molecule has 0 heterocycles. The molecule has 1 atom stereocenters. The van der Waals surface area contributed by atoms with Gasteiger partial charge in [-0.1, -0.05) is 0 Å². The van der Waals surface area contributed by atoms with Crippen LogP contribution in [0.2, 0.25) is 0 Å². The first kappa shape index (κ1) is 11.2. The predicted molar refractivity (Wildman–Crippen MR) is 62.6 cm³/mol. The molecule has 0 saturated heterocycles. The summed E-state index contributed by atoms with van der Waals surface area (Å²) in [6, 6.07) is 5.42. The molecule has 0 radical (unpaired) electrons. The molecular weight excluding hydrogens is 204 g/mol. The Labute approximate surface area is 95.5 Å². The SMILES string of the molecule is COc1ccc(OC)c(C(N)C2(N)CC2)c1. The lowest BCUT2D eigenvalue weighted by atomic mass is 9.97. The van der Waals surface area contributed by atoms with Crippen molar-refractivity contribution < 1.29 is 9.47 Å². The van der Waals surface area contributed by atoms with Crippen molar-refractivity contribution in [3.05, 3.63) is 23.8 Å². The molecule has 1 aliphatic carbocycles. The zero-order valence-corrected chi connectivity index (χ0v) is 9.69. The van der Waals surface area contributed by atoms with Crippen LogP contribution in [-0.4, -0.2) is 19.8 Å². The molecule has 4 N–H and O–H groups in total. The molecule has 1 aliphatic rings. The Bertz CT molecular complexity index is 389. The van der Waals surface area contributed by atoms with Crippen LogP contribution < -0.4 is 20.9 Å². The Hall–Kier alpha value is -1.26. The maximum Gasteiger partial charge on any atom is 0.123 e.